The maximum Gasteiger partial charge on any atom is 0.187 e. The third-order valence-electron chi connectivity index (χ3n) is 2.86. The number of rotatable bonds is 4. The lowest BCUT2D eigenvalue weighted by Gasteiger charge is -2.09. The molecule has 102 valence electrons. The molecule has 0 heterocycles. The number of hydrogen-bond acceptors (Lipinski definition) is 2. The van der Waals surface area contributed by atoms with Crippen molar-refractivity contribution in [2.45, 2.75) is 0 Å². The van der Waals surface area contributed by atoms with Crippen molar-refractivity contribution in [3.63, 3.8) is 0 Å². The lowest BCUT2D eigenvalue weighted by molar-refractivity contribution is 0.104. The maximum absolute atomic E-state index is 12.4. The van der Waals surface area contributed by atoms with Crippen molar-refractivity contribution in [2.75, 3.05) is 14.1 Å². The second kappa shape index (κ2) is 6.53. The van der Waals surface area contributed by atoms with Crippen LogP contribution < -0.4 is 0 Å². The quantitative estimate of drug-likeness (QED) is 0.613. The summed E-state index contributed by atoms with van der Waals surface area (Å²) in [4.78, 5) is 14.2. The number of hydrogen-bond donors (Lipinski definition) is 0. The first kappa shape index (κ1) is 14.5. The van der Waals surface area contributed by atoms with Crippen molar-refractivity contribution < 1.29 is 4.79 Å². The van der Waals surface area contributed by atoms with E-state index in [0.717, 1.165) is 15.6 Å². The van der Waals surface area contributed by atoms with E-state index in [2.05, 4.69) is 15.9 Å². The average Bonchev–Trinajstić information content (AvgIpc) is 2.45. The maximum atomic E-state index is 12.4. The zero-order valence-electron chi connectivity index (χ0n) is 11.5. The number of allylic oxidation sites excluding steroid dienone is 1. The number of carbonyl (C=O) groups is 1. The molecular formula is C17H16BrNO. The molecule has 0 spiro atoms. The first-order valence-corrected chi connectivity index (χ1v) is 7.11. The van der Waals surface area contributed by atoms with Gasteiger partial charge in [-0.2, -0.15) is 0 Å². The summed E-state index contributed by atoms with van der Waals surface area (Å²) in [5, 5.41) is 0. The van der Waals surface area contributed by atoms with Crippen molar-refractivity contribution in [2.24, 2.45) is 0 Å². The molecular weight excluding hydrogens is 314 g/mol. The summed E-state index contributed by atoms with van der Waals surface area (Å²) in [7, 11) is 3.78. The molecule has 0 saturated heterocycles. The lowest BCUT2D eigenvalue weighted by Crippen LogP contribution is -2.04. The minimum atomic E-state index is -0.00106. The van der Waals surface area contributed by atoms with Gasteiger partial charge < -0.3 is 4.90 Å². The molecule has 0 aliphatic heterocycles. The van der Waals surface area contributed by atoms with E-state index in [9.17, 15) is 4.79 Å². The predicted octanol–water partition coefficient (Wildman–Crippen LogP) is 4.37. The fourth-order valence-electron chi connectivity index (χ4n) is 1.90. The molecule has 0 aliphatic rings. The van der Waals surface area contributed by atoms with Crippen LogP contribution in [0.5, 0.6) is 0 Å². The number of nitrogens with zero attached hydrogens (tertiary/aromatic N) is 1. The van der Waals surface area contributed by atoms with Crippen LogP contribution in [0.4, 0.5) is 0 Å². The summed E-state index contributed by atoms with van der Waals surface area (Å²) in [5.74, 6) is -0.00106. The molecule has 2 nitrogen and oxygen atoms in total. The monoisotopic (exact) mass is 329 g/mol. The lowest BCUT2D eigenvalue weighted by atomic mass is 9.97. The van der Waals surface area contributed by atoms with E-state index in [1.165, 1.54) is 0 Å². The number of benzene rings is 2. The summed E-state index contributed by atoms with van der Waals surface area (Å²) in [6.45, 7) is 0. The Bertz CT molecular complexity index is 633. The minimum absolute atomic E-state index is 0.00106. The van der Waals surface area contributed by atoms with E-state index in [1.807, 2.05) is 67.5 Å². The molecule has 2 aromatic carbocycles. The van der Waals surface area contributed by atoms with E-state index in [-0.39, 0.29) is 5.78 Å². The summed E-state index contributed by atoms with van der Waals surface area (Å²) < 4.78 is 0.902. The molecule has 0 fully saturated rings. The van der Waals surface area contributed by atoms with E-state index >= 15 is 0 Å². The van der Waals surface area contributed by atoms with Crippen molar-refractivity contribution in [3.8, 4) is 11.1 Å². The summed E-state index contributed by atoms with van der Waals surface area (Å²) in [6.07, 6.45) is 3.35. The minimum Gasteiger partial charge on any atom is -0.383 e. The standard InChI is InChI=1S/C17H16BrNO/c1-19(2)11-10-17(20)16-12-14(18)8-9-15(16)13-6-4-3-5-7-13/h3-12H,1-2H3/b11-10+. The van der Waals surface area contributed by atoms with Crippen molar-refractivity contribution >= 4 is 21.7 Å². The van der Waals surface area contributed by atoms with Crippen LogP contribution >= 0.6 is 15.9 Å². The van der Waals surface area contributed by atoms with Crippen LogP contribution in [0.15, 0.2) is 65.3 Å². The molecule has 20 heavy (non-hydrogen) atoms. The molecule has 0 bridgehead atoms. The third-order valence-corrected chi connectivity index (χ3v) is 3.35. The molecule has 0 N–H and O–H groups in total. The number of halogens is 1. The summed E-state index contributed by atoms with van der Waals surface area (Å²) in [6, 6.07) is 15.7. The molecule has 2 aromatic rings. The van der Waals surface area contributed by atoms with Crippen LogP contribution in [0.25, 0.3) is 11.1 Å². The first-order valence-electron chi connectivity index (χ1n) is 6.32. The zero-order chi connectivity index (χ0) is 14.5. The van der Waals surface area contributed by atoms with Gasteiger partial charge in [0.1, 0.15) is 0 Å². The van der Waals surface area contributed by atoms with Gasteiger partial charge in [0.25, 0.3) is 0 Å². The van der Waals surface area contributed by atoms with E-state index < -0.39 is 0 Å². The van der Waals surface area contributed by atoms with Crippen molar-refractivity contribution in [1.29, 1.82) is 0 Å². The molecule has 0 saturated carbocycles. The Morgan fingerprint density at radius 2 is 1.80 bits per heavy atom. The Balaban J connectivity index is 2.47. The molecule has 0 aromatic heterocycles. The van der Waals surface area contributed by atoms with Gasteiger partial charge in [0, 0.05) is 36.4 Å². The van der Waals surface area contributed by atoms with E-state index in [4.69, 9.17) is 0 Å². The molecule has 0 atom stereocenters. The molecule has 0 radical (unpaired) electrons. The summed E-state index contributed by atoms with van der Waals surface area (Å²) >= 11 is 3.43. The highest BCUT2D eigenvalue weighted by atomic mass is 79.9. The van der Waals surface area contributed by atoms with Crippen LogP contribution in [0.2, 0.25) is 0 Å². The Labute approximate surface area is 127 Å². The van der Waals surface area contributed by atoms with Gasteiger partial charge >= 0.3 is 0 Å². The van der Waals surface area contributed by atoms with Gasteiger partial charge in [-0.05, 0) is 23.3 Å². The summed E-state index contributed by atoms with van der Waals surface area (Å²) in [5.41, 5.74) is 2.69. The van der Waals surface area contributed by atoms with Gasteiger partial charge in [0.15, 0.2) is 5.78 Å². The molecule has 0 aliphatic carbocycles. The van der Waals surface area contributed by atoms with Gasteiger partial charge in [0.2, 0.25) is 0 Å². The van der Waals surface area contributed by atoms with Crippen LogP contribution in [0.3, 0.4) is 0 Å². The highest BCUT2D eigenvalue weighted by Gasteiger charge is 2.11. The van der Waals surface area contributed by atoms with Gasteiger partial charge in [-0.3, -0.25) is 4.79 Å². The predicted molar refractivity (Wildman–Crippen MR) is 86.7 cm³/mol. The second-order valence-corrected chi connectivity index (χ2v) is 5.62. The van der Waals surface area contributed by atoms with Crippen LogP contribution in [-0.4, -0.2) is 24.8 Å². The van der Waals surface area contributed by atoms with Crippen LogP contribution in [0, 0.1) is 0 Å². The zero-order valence-corrected chi connectivity index (χ0v) is 13.1. The Hall–Kier alpha value is -1.87. The Kier molecular flexibility index (Phi) is 4.74. The van der Waals surface area contributed by atoms with E-state index in [0.29, 0.717) is 5.56 Å². The fraction of sp³-hybridized carbons (Fsp3) is 0.118. The van der Waals surface area contributed by atoms with Crippen LogP contribution in [-0.2, 0) is 0 Å². The third kappa shape index (κ3) is 3.58. The topological polar surface area (TPSA) is 20.3 Å². The second-order valence-electron chi connectivity index (χ2n) is 4.70. The Morgan fingerprint density at radius 3 is 2.45 bits per heavy atom. The fourth-order valence-corrected chi connectivity index (χ4v) is 2.26. The average molecular weight is 330 g/mol. The largest absolute Gasteiger partial charge is 0.383 e. The first-order chi connectivity index (χ1) is 9.58. The normalized spacial score (nSPS) is 10.8. The van der Waals surface area contributed by atoms with E-state index in [1.54, 1.807) is 12.3 Å². The van der Waals surface area contributed by atoms with Gasteiger partial charge in [-0.1, -0.05) is 52.3 Å². The number of carbonyl (C=O) groups excluding carboxylic acids is 1. The molecule has 0 unspecified atom stereocenters. The van der Waals surface area contributed by atoms with Crippen LogP contribution in [0.1, 0.15) is 10.4 Å². The van der Waals surface area contributed by atoms with Gasteiger partial charge in [0.05, 0.1) is 0 Å². The van der Waals surface area contributed by atoms with Crippen molar-refractivity contribution in [3.05, 3.63) is 70.8 Å². The Morgan fingerprint density at radius 1 is 1.10 bits per heavy atom. The van der Waals surface area contributed by atoms with Crippen molar-refractivity contribution in [1.82, 2.24) is 4.90 Å². The molecule has 2 rings (SSSR count). The van der Waals surface area contributed by atoms with Gasteiger partial charge in [-0.15, -0.1) is 0 Å². The molecule has 0 amide bonds. The highest BCUT2D eigenvalue weighted by Crippen LogP contribution is 2.27. The smallest absolute Gasteiger partial charge is 0.187 e. The van der Waals surface area contributed by atoms with Gasteiger partial charge in [-0.25, -0.2) is 0 Å². The SMILES string of the molecule is CN(C)/C=C/C(=O)c1cc(Br)ccc1-c1ccccc1. The highest BCUT2D eigenvalue weighted by molar-refractivity contribution is 9.10. The number of ketones is 1. The molecule has 3 heteroatoms.